The second-order valence-corrected chi connectivity index (χ2v) is 12.3. The maximum absolute atomic E-state index is 13.0. The van der Waals surface area contributed by atoms with Crippen molar-refractivity contribution in [2.24, 2.45) is 0 Å². The molecule has 0 atom stereocenters. The fourth-order valence-corrected chi connectivity index (χ4v) is 5.82. The Morgan fingerprint density at radius 1 is 1.10 bits per heavy atom. The molecular weight excluding hydrogens is 533 g/mol. The van der Waals surface area contributed by atoms with Gasteiger partial charge in [-0.3, -0.25) is 9.78 Å². The molecule has 1 fully saturated rings. The van der Waals surface area contributed by atoms with Gasteiger partial charge in [0.05, 0.1) is 40.0 Å². The number of carbonyl (C=O) groups is 1. The van der Waals surface area contributed by atoms with Gasteiger partial charge in [-0.25, -0.2) is 22.4 Å². The van der Waals surface area contributed by atoms with E-state index < -0.39 is 32.4 Å². The zero-order valence-corrected chi connectivity index (χ0v) is 22.4. The van der Waals surface area contributed by atoms with Crippen molar-refractivity contribution in [3.05, 3.63) is 70.9 Å². The van der Waals surface area contributed by atoms with Gasteiger partial charge in [0.1, 0.15) is 5.41 Å². The zero-order chi connectivity index (χ0) is 28.6. The van der Waals surface area contributed by atoms with Gasteiger partial charge in [-0.15, -0.1) is 0 Å². The van der Waals surface area contributed by atoms with E-state index in [-0.39, 0.29) is 31.1 Å². The average molecular weight is 561 g/mol. The van der Waals surface area contributed by atoms with E-state index in [0.717, 1.165) is 6.07 Å². The number of rotatable bonds is 7. The molecule has 13 heteroatoms. The third-order valence-electron chi connectivity index (χ3n) is 7.03. The predicted molar refractivity (Wildman–Crippen MR) is 136 cm³/mol. The summed E-state index contributed by atoms with van der Waals surface area (Å²) >= 11 is 0. The van der Waals surface area contributed by atoms with Crippen molar-refractivity contribution in [2.75, 3.05) is 13.1 Å². The molecule has 4 rings (SSSR count). The SMILES string of the molecule is Cc1c(C(=O)Cc2ccc(C3(C#N)CCN(S(=O)(=O)C(C)C)CC3)nc2)cnn1-c1ccc(C(F)(F)F)cn1. The van der Waals surface area contributed by atoms with Gasteiger partial charge >= 0.3 is 6.18 Å². The molecule has 0 aromatic carbocycles. The van der Waals surface area contributed by atoms with E-state index in [1.54, 1.807) is 32.9 Å². The van der Waals surface area contributed by atoms with E-state index in [1.165, 1.54) is 27.4 Å². The lowest BCUT2D eigenvalue weighted by molar-refractivity contribution is -0.137. The summed E-state index contributed by atoms with van der Waals surface area (Å²) in [5.74, 6) is -0.109. The highest BCUT2D eigenvalue weighted by atomic mass is 32.2. The average Bonchev–Trinajstić information content (AvgIpc) is 3.30. The normalized spacial score (nSPS) is 16.3. The number of piperidine rings is 1. The van der Waals surface area contributed by atoms with Crippen molar-refractivity contribution >= 4 is 15.8 Å². The standard InChI is InChI=1S/C26H27F3N6O3S/c1-17(2)39(37,38)34-10-8-25(16-30,9-11-34)23-6-4-19(13-31-23)12-22(36)21-15-33-35(18(21)3)24-7-5-20(14-32-24)26(27,28)29/h4-7,13-15,17H,8-12H2,1-3H3. The minimum atomic E-state index is -4.51. The second-order valence-electron chi connectivity index (χ2n) is 9.80. The van der Waals surface area contributed by atoms with Crippen molar-refractivity contribution in [2.45, 2.75) is 56.9 Å². The van der Waals surface area contributed by atoms with Crippen LogP contribution in [-0.2, 0) is 28.0 Å². The number of aromatic nitrogens is 4. The molecule has 0 bridgehead atoms. The van der Waals surface area contributed by atoms with Crippen molar-refractivity contribution in [3.8, 4) is 11.9 Å². The summed E-state index contributed by atoms with van der Waals surface area (Å²) in [6, 6.07) is 7.83. The minimum Gasteiger partial charge on any atom is -0.294 e. The van der Waals surface area contributed by atoms with E-state index >= 15 is 0 Å². The molecule has 0 aliphatic carbocycles. The number of hydrogen-bond acceptors (Lipinski definition) is 7. The van der Waals surface area contributed by atoms with Gasteiger partial charge in [0, 0.05) is 31.9 Å². The maximum atomic E-state index is 13.0. The van der Waals surface area contributed by atoms with Crippen LogP contribution in [0, 0.1) is 18.3 Å². The quantitative estimate of drug-likeness (QED) is 0.400. The lowest BCUT2D eigenvalue weighted by atomic mass is 9.77. The number of carbonyl (C=O) groups excluding carboxylic acids is 1. The smallest absolute Gasteiger partial charge is 0.294 e. The molecule has 0 unspecified atom stereocenters. The Bertz CT molecular complexity index is 1500. The Morgan fingerprint density at radius 2 is 1.79 bits per heavy atom. The number of ketones is 1. The van der Waals surface area contributed by atoms with Gasteiger partial charge < -0.3 is 0 Å². The molecule has 9 nitrogen and oxygen atoms in total. The highest BCUT2D eigenvalue weighted by Crippen LogP contribution is 2.35. The summed E-state index contributed by atoms with van der Waals surface area (Å²) in [7, 11) is -3.40. The van der Waals surface area contributed by atoms with Crippen molar-refractivity contribution < 1.29 is 26.4 Å². The molecule has 0 saturated carbocycles. The number of nitriles is 1. The van der Waals surface area contributed by atoms with Crippen LogP contribution < -0.4 is 0 Å². The molecule has 0 amide bonds. The van der Waals surface area contributed by atoms with E-state index in [4.69, 9.17) is 0 Å². The number of pyridine rings is 2. The lowest BCUT2D eigenvalue weighted by Crippen LogP contribution is -2.46. The van der Waals surface area contributed by atoms with E-state index in [2.05, 4.69) is 21.1 Å². The third kappa shape index (κ3) is 5.58. The number of alkyl halides is 3. The summed E-state index contributed by atoms with van der Waals surface area (Å²) in [6.07, 6.45) is -0.280. The maximum Gasteiger partial charge on any atom is 0.417 e. The summed E-state index contributed by atoms with van der Waals surface area (Å²) < 4.78 is 66.2. The number of sulfonamides is 1. The second kappa shape index (κ2) is 10.5. The Hall–Kier alpha value is -3.63. The minimum absolute atomic E-state index is 0.000215. The van der Waals surface area contributed by atoms with Gasteiger partial charge in [-0.2, -0.15) is 23.5 Å². The lowest BCUT2D eigenvalue weighted by Gasteiger charge is -2.37. The molecule has 0 radical (unpaired) electrons. The van der Waals surface area contributed by atoms with Crippen LogP contribution in [0.3, 0.4) is 0 Å². The highest BCUT2D eigenvalue weighted by molar-refractivity contribution is 7.89. The van der Waals surface area contributed by atoms with Crippen molar-refractivity contribution in [1.82, 2.24) is 24.1 Å². The molecule has 0 N–H and O–H groups in total. The fourth-order valence-electron chi connectivity index (χ4n) is 4.53. The van der Waals surface area contributed by atoms with E-state index in [9.17, 15) is 31.6 Å². The topological polar surface area (TPSA) is 122 Å². The van der Waals surface area contributed by atoms with Crippen LogP contribution in [0.15, 0.2) is 42.9 Å². The van der Waals surface area contributed by atoms with Gasteiger partial charge in [-0.05, 0) is 57.4 Å². The fraction of sp³-hybridized carbons (Fsp3) is 0.423. The van der Waals surface area contributed by atoms with Crippen LogP contribution in [-0.4, -0.2) is 56.6 Å². The van der Waals surface area contributed by atoms with E-state index in [0.29, 0.717) is 41.6 Å². The molecule has 0 spiro atoms. The molecule has 3 aromatic heterocycles. The van der Waals surface area contributed by atoms with Crippen LogP contribution in [0.5, 0.6) is 0 Å². The third-order valence-corrected chi connectivity index (χ3v) is 9.30. The van der Waals surface area contributed by atoms with Crippen molar-refractivity contribution in [1.29, 1.82) is 5.26 Å². The monoisotopic (exact) mass is 560 g/mol. The van der Waals surface area contributed by atoms with Crippen LogP contribution in [0.4, 0.5) is 13.2 Å². The molecule has 1 aliphatic rings. The number of Topliss-reactive ketones (excluding diaryl/α,β-unsaturated/α-hetero) is 1. The van der Waals surface area contributed by atoms with Crippen LogP contribution in [0.25, 0.3) is 5.82 Å². The zero-order valence-electron chi connectivity index (χ0n) is 21.6. The van der Waals surface area contributed by atoms with E-state index in [1.807, 2.05) is 0 Å². The van der Waals surface area contributed by atoms with Gasteiger partial charge in [0.15, 0.2) is 11.6 Å². The van der Waals surface area contributed by atoms with Crippen LogP contribution in [0.1, 0.15) is 59.6 Å². The summed E-state index contributed by atoms with van der Waals surface area (Å²) in [4.78, 5) is 21.3. The summed E-state index contributed by atoms with van der Waals surface area (Å²) in [6.45, 7) is 5.34. The molecule has 3 aromatic rings. The predicted octanol–water partition coefficient (Wildman–Crippen LogP) is 4.01. The Balaban J connectivity index is 1.46. The molecule has 206 valence electrons. The number of nitrogens with zero attached hydrogens (tertiary/aromatic N) is 6. The number of halogens is 3. The molecule has 4 heterocycles. The molecule has 1 saturated heterocycles. The highest BCUT2D eigenvalue weighted by Gasteiger charge is 2.41. The molecule has 1 aliphatic heterocycles. The van der Waals surface area contributed by atoms with Crippen LogP contribution >= 0.6 is 0 Å². The first-order valence-electron chi connectivity index (χ1n) is 12.3. The Morgan fingerprint density at radius 3 is 2.31 bits per heavy atom. The van der Waals surface area contributed by atoms with Crippen molar-refractivity contribution in [3.63, 3.8) is 0 Å². The molecule has 39 heavy (non-hydrogen) atoms. The van der Waals surface area contributed by atoms with Crippen LogP contribution in [0.2, 0.25) is 0 Å². The first-order chi connectivity index (χ1) is 18.3. The Kier molecular flexibility index (Phi) is 7.64. The van der Waals surface area contributed by atoms with Gasteiger partial charge in [0.2, 0.25) is 10.0 Å². The first-order valence-corrected chi connectivity index (χ1v) is 13.8. The van der Waals surface area contributed by atoms with Gasteiger partial charge in [0.25, 0.3) is 0 Å². The Labute approximate surface area is 224 Å². The van der Waals surface area contributed by atoms with Gasteiger partial charge in [-0.1, -0.05) is 6.07 Å². The first kappa shape index (κ1) is 28.4. The molecular formula is C26H27F3N6O3S. The summed E-state index contributed by atoms with van der Waals surface area (Å²) in [5.41, 5.74) is 0.0680. The largest absolute Gasteiger partial charge is 0.417 e. The number of hydrogen-bond donors (Lipinski definition) is 0. The summed E-state index contributed by atoms with van der Waals surface area (Å²) in [5, 5.41) is 13.5.